The van der Waals surface area contributed by atoms with Gasteiger partial charge in [0.2, 0.25) is 5.91 Å². The number of carbonyl (C=O) groups is 2. The van der Waals surface area contributed by atoms with Gasteiger partial charge in [-0.15, -0.1) is 0 Å². The molecule has 2 aliphatic rings. The van der Waals surface area contributed by atoms with Crippen molar-refractivity contribution in [2.24, 2.45) is 5.92 Å². The molecule has 1 aliphatic heterocycles. The highest BCUT2D eigenvalue weighted by molar-refractivity contribution is 5.97. The minimum atomic E-state index is -0.0710. The molecule has 0 unspecified atom stereocenters. The summed E-state index contributed by atoms with van der Waals surface area (Å²) in [6, 6.07) is 17.8. The van der Waals surface area contributed by atoms with Gasteiger partial charge in [-0.05, 0) is 56.2 Å². The van der Waals surface area contributed by atoms with E-state index in [1.54, 1.807) is 0 Å². The average Bonchev–Trinajstić information content (AvgIpc) is 3.41. The highest BCUT2D eigenvalue weighted by atomic mass is 16.5. The largest absolute Gasteiger partial charge is 0.491 e. The molecular weight excluding hydrogens is 436 g/mol. The van der Waals surface area contributed by atoms with E-state index in [0.29, 0.717) is 49.9 Å². The lowest BCUT2D eigenvalue weighted by Crippen LogP contribution is -2.46. The number of hydrogen-bond donors (Lipinski definition) is 0. The third kappa shape index (κ3) is 6.87. The predicted octanol–water partition coefficient (Wildman–Crippen LogP) is 5.73. The molecule has 35 heavy (non-hydrogen) atoms. The quantitative estimate of drug-likeness (QED) is 0.535. The summed E-state index contributed by atoms with van der Waals surface area (Å²) >= 11 is 0. The van der Waals surface area contributed by atoms with E-state index in [1.807, 2.05) is 54.3 Å². The summed E-state index contributed by atoms with van der Waals surface area (Å²) in [7, 11) is 0. The molecule has 1 atom stereocenters. The van der Waals surface area contributed by atoms with Gasteiger partial charge in [0.15, 0.2) is 0 Å². The number of ether oxygens (including phenoxy) is 1. The molecule has 1 saturated carbocycles. The maximum absolute atomic E-state index is 13.6. The Morgan fingerprint density at radius 1 is 0.943 bits per heavy atom. The molecule has 5 nitrogen and oxygen atoms in total. The fraction of sp³-hybridized carbons (Fsp3) is 0.533. The predicted molar refractivity (Wildman–Crippen MR) is 140 cm³/mol. The molecule has 2 amide bonds. The van der Waals surface area contributed by atoms with Crippen molar-refractivity contribution in [1.82, 2.24) is 9.80 Å². The molecule has 4 rings (SSSR count). The van der Waals surface area contributed by atoms with Crippen molar-refractivity contribution in [2.75, 3.05) is 26.2 Å². The lowest BCUT2D eigenvalue weighted by molar-refractivity contribution is -0.134. The van der Waals surface area contributed by atoms with Crippen molar-refractivity contribution >= 4 is 11.8 Å². The van der Waals surface area contributed by atoms with Crippen LogP contribution < -0.4 is 4.74 Å². The zero-order valence-electron chi connectivity index (χ0n) is 21.2. The van der Waals surface area contributed by atoms with E-state index in [0.717, 1.165) is 25.7 Å². The topological polar surface area (TPSA) is 49.9 Å². The number of rotatable bonds is 6. The Bertz CT molecular complexity index is 955. The fourth-order valence-electron chi connectivity index (χ4n) is 5.54. The van der Waals surface area contributed by atoms with Gasteiger partial charge in [0.1, 0.15) is 12.4 Å². The lowest BCUT2D eigenvalue weighted by atomic mass is 9.99. The van der Waals surface area contributed by atoms with E-state index in [1.165, 1.54) is 31.2 Å². The van der Waals surface area contributed by atoms with Crippen LogP contribution in [0.1, 0.15) is 74.2 Å². The highest BCUT2D eigenvalue weighted by Crippen LogP contribution is 2.29. The standard InChI is InChI=1S/C30H40N2O3/c1-2-31-20-10-11-21-32(29(33)19-18-24-12-6-7-13-24)26(22-25-14-4-3-5-15-25)23-35-28-17-9-8-16-27(28)30(31)34/h3-5,8-9,14-17,24,26H,2,6-7,10-13,18-23H2,1H3/t26-/m0/s1. The summed E-state index contributed by atoms with van der Waals surface area (Å²) in [5.74, 6) is 1.57. The second-order valence-corrected chi connectivity index (χ2v) is 10.0. The van der Waals surface area contributed by atoms with E-state index in [4.69, 9.17) is 4.74 Å². The number of amides is 2. The monoisotopic (exact) mass is 476 g/mol. The number of nitrogens with zero attached hydrogens (tertiary/aromatic N) is 2. The van der Waals surface area contributed by atoms with Crippen LogP contribution in [0, 0.1) is 5.92 Å². The van der Waals surface area contributed by atoms with Crippen molar-refractivity contribution in [3.05, 3.63) is 65.7 Å². The number of benzene rings is 2. The number of fused-ring (bicyclic) bond motifs is 1. The smallest absolute Gasteiger partial charge is 0.257 e. The van der Waals surface area contributed by atoms with Crippen LogP contribution in [0.15, 0.2) is 54.6 Å². The maximum Gasteiger partial charge on any atom is 0.257 e. The normalized spacial score (nSPS) is 20.0. The molecule has 5 heteroatoms. The van der Waals surface area contributed by atoms with E-state index in [9.17, 15) is 9.59 Å². The van der Waals surface area contributed by atoms with Crippen LogP contribution in [0.2, 0.25) is 0 Å². The van der Waals surface area contributed by atoms with Crippen molar-refractivity contribution in [2.45, 2.75) is 70.8 Å². The molecule has 1 fully saturated rings. The maximum atomic E-state index is 13.6. The minimum absolute atomic E-state index is 0.0211. The van der Waals surface area contributed by atoms with Gasteiger partial charge in [0, 0.05) is 26.1 Å². The van der Waals surface area contributed by atoms with Crippen LogP contribution >= 0.6 is 0 Å². The van der Waals surface area contributed by atoms with Gasteiger partial charge in [-0.25, -0.2) is 0 Å². The van der Waals surface area contributed by atoms with E-state index < -0.39 is 0 Å². The zero-order valence-corrected chi connectivity index (χ0v) is 21.2. The molecule has 1 heterocycles. The SMILES string of the molecule is CCN1CCCCN(C(=O)CCC2CCCC2)[C@@H](Cc2ccccc2)COc2ccccc2C1=O. The summed E-state index contributed by atoms with van der Waals surface area (Å²) in [6.45, 7) is 4.45. The van der Waals surface area contributed by atoms with Crippen LogP contribution in [0.3, 0.4) is 0 Å². The van der Waals surface area contributed by atoms with Crippen molar-refractivity contribution in [1.29, 1.82) is 0 Å². The lowest BCUT2D eigenvalue weighted by Gasteiger charge is -2.34. The Labute approximate surface area is 210 Å². The molecule has 1 aliphatic carbocycles. The summed E-state index contributed by atoms with van der Waals surface area (Å²) in [5, 5.41) is 0. The van der Waals surface area contributed by atoms with Crippen LogP contribution in [-0.4, -0.2) is 53.9 Å². The molecule has 0 saturated heterocycles. The fourth-order valence-corrected chi connectivity index (χ4v) is 5.54. The van der Waals surface area contributed by atoms with Crippen molar-refractivity contribution < 1.29 is 14.3 Å². The summed E-state index contributed by atoms with van der Waals surface area (Å²) in [6.07, 6.45) is 9.26. The molecule has 188 valence electrons. The van der Waals surface area contributed by atoms with E-state index in [-0.39, 0.29) is 17.9 Å². The van der Waals surface area contributed by atoms with Gasteiger partial charge in [-0.1, -0.05) is 68.1 Å². The van der Waals surface area contributed by atoms with Gasteiger partial charge < -0.3 is 14.5 Å². The van der Waals surface area contributed by atoms with E-state index in [2.05, 4.69) is 17.0 Å². The first kappa shape index (κ1) is 25.3. The molecule has 0 radical (unpaired) electrons. The zero-order chi connectivity index (χ0) is 24.5. The van der Waals surface area contributed by atoms with Crippen LogP contribution in [-0.2, 0) is 11.2 Å². The van der Waals surface area contributed by atoms with Gasteiger partial charge in [-0.3, -0.25) is 9.59 Å². The Morgan fingerprint density at radius 2 is 1.66 bits per heavy atom. The highest BCUT2D eigenvalue weighted by Gasteiger charge is 2.28. The third-order valence-electron chi connectivity index (χ3n) is 7.61. The molecule has 0 bridgehead atoms. The van der Waals surface area contributed by atoms with Crippen LogP contribution in [0.5, 0.6) is 5.75 Å². The van der Waals surface area contributed by atoms with Gasteiger partial charge >= 0.3 is 0 Å². The number of para-hydroxylation sites is 1. The van der Waals surface area contributed by atoms with Crippen molar-refractivity contribution in [3.8, 4) is 5.75 Å². The Kier molecular flexibility index (Phi) is 9.21. The Morgan fingerprint density at radius 3 is 2.43 bits per heavy atom. The first-order chi connectivity index (χ1) is 17.2. The number of hydrogen-bond acceptors (Lipinski definition) is 3. The van der Waals surface area contributed by atoms with Gasteiger partial charge in [0.05, 0.1) is 11.6 Å². The second kappa shape index (κ2) is 12.8. The summed E-state index contributed by atoms with van der Waals surface area (Å²) in [5.41, 5.74) is 1.80. The minimum Gasteiger partial charge on any atom is -0.491 e. The van der Waals surface area contributed by atoms with Crippen LogP contribution in [0.25, 0.3) is 0 Å². The molecule has 0 aromatic heterocycles. The molecule has 2 aromatic carbocycles. The number of carbonyl (C=O) groups excluding carboxylic acids is 2. The average molecular weight is 477 g/mol. The first-order valence-electron chi connectivity index (χ1n) is 13.5. The first-order valence-corrected chi connectivity index (χ1v) is 13.5. The summed E-state index contributed by atoms with van der Waals surface area (Å²) < 4.78 is 6.33. The third-order valence-corrected chi connectivity index (χ3v) is 7.61. The van der Waals surface area contributed by atoms with Gasteiger partial charge in [0.25, 0.3) is 5.91 Å². The molecule has 0 N–H and O–H groups in total. The Hall–Kier alpha value is -2.82. The molecule has 2 aromatic rings. The van der Waals surface area contributed by atoms with Gasteiger partial charge in [-0.2, -0.15) is 0 Å². The Balaban J connectivity index is 1.58. The van der Waals surface area contributed by atoms with E-state index >= 15 is 0 Å². The molecular formula is C30H40N2O3. The van der Waals surface area contributed by atoms with Crippen LogP contribution in [0.4, 0.5) is 0 Å². The molecule has 0 spiro atoms. The summed E-state index contributed by atoms with van der Waals surface area (Å²) in [4.78, 5) is 30.8. The van der Waals surface area contributed by atoms with Crippen molar-refractivity contribution in [3.63, 3.8) is 0 Å². The second-order valence-electron chi connectivity index (χ2n) is 10.0.